The standard InChI is InChI=1S/C9H8F5NO2/c1-4-5(7(10)11)3-15-8(16-2)6(4)17-9(12,13)14/h3,7H,1-2H3. The minimum absolute atomic E-state index is 0.357. The number of hydrogen-bond donors (Lipinski definition) is 0. The monoisotopic (exact) mass is 257 g/mol. The van der Waals surface area contributed by atoms with Crippen LogP contribution in [0.4, 0.5) is 22.0 Å². The fraction of sp³-hybridized carbons (Fsp3) is 0.444. The van der Waals surface area contributed by atoms with Crippen LogP contribution < -0.4 is 9.47 Å². The first-order chi connectivity index (χ1) is 7.76. The molecule has 17 heavy (non-hydrogen) atoms. The lowest BCUT2D eigenvalue weighted by Gasteiger charge is -2.15. The van der Waals surface area contributed by atoms with Gasteiger partial charge in [-0.15, -0.1) is 13.2 Å². The Morgan fingerprint density at radius 2 is 1.88 bits per heavy atom. The van der Waals surface area contributed by atoms with E-state index in [-0.39, 0.29) is 5.56 Å². The van der Waals surface area contributed by atoms with Gasteiger partial charge in [0.25, 0.3) is 12.3 Å². The molecule has 1 heterocycles. The number of aromatic nitrogens is 1. The van der Waals surface area contributed by atoms with Crippen molar-refractivity contribution >= 4 is 0 Å². The van der Waals surface area contributed by atoms with Gasteiger partial charge in [0, 0.05) is 17.3 Å². The number of ether oxygens (including phenoxy) is 2. The van der Waals surface area contributed by atoms with Crippen molar-refractivity contribution in [1.29, 1.82) is 0 Å². The van der Waals surface area contributed by atoms with E-state index in [1.807, 2.05) is 0 Å². The molecule has 0 N–H and O–H groups in total. The number of methoxy groups -OCH3 is 1. The molecule has 0 aliphatic heterocycles. The van der Waals surface area contributed by atoms with Gasteiger partial charge in [0.1, 0.15) is 0 Å². The summed E-state index contributed by atoms with van der Waals surface area (Å²) in [6.07, 6.45) is -7.19. The van der Waals surface area contributed by atoms with Crippen molar-refractivity contribution in [1.82, 2.24) is 4.98 Å². The fourth-order valence-corrected chi connectivity index (χ4v) is 1.18. The molecule has 0 aliphatic rings. The molecular formula is C9H8F5NO2. The zero-order chi connectivity index (χ0) is 13.2. The summed E-state index contributed by atoms with van der Waals surface area (Å²) in [7, 11) is 1.06. The van der Waals surface area contributed by atoms with Gasteiger partial charge in [0.2, 0.25) is 0 Å². The highest BCUT2D eigenvalue weighted by Crippen LogP contribution is 2.37. The first kappa shape index (κ1) is 13.5. The molecule has 0 amide bonds. The number of rotatable bonds is 3. The van der Waals surface area contributed by atoms with Crippen LogP contribution in [-0.2, 0) is 0 Å². The maximum Gasteiger partial charge on any atom is 0.573 e. The average Bonchev–Trinajstić information content (AvgIpc) is 2.18. The maximum atomic E-state index is 12.5. The van der Waals surface area contributed by atoms with Crippen molar-refractivity contribution in [3.05, 3.63) is 17.3 Å². The summed E-state index contributed by atoms with van der Waals surface area (Å²) < 4.78 is 69.3. The van der Waals surface area contributed by atoms with Gasteiger partial charge in [-0.05, 0) is 6.92 Å². The number of hydrogen-bond acceptors (Lipinski definition) is 3. The first-order valence-corrected chi connectivity index (χ1v) is 4.33. The zero-order valence-corrected chi connectivity index (χ0v) is 8.81. The predicted octanol–water partition coefficient (Wildman–Crippen LogP) is 3.23. The van der Waals surface area contributed by atoms with Gasteiger partial charge in [-0.25, -0.2) is 13.8 Å². The van der Waals surface area contributed by atoms with Gasteiger partial charge in [-0.2, -0.15) is 0 Å². The van der Waals surface area contributed by atoms with Gasteiger partial charge in [0.05, 0.1) is 7.11 Å². The second-order valence-electron chi connectivity index (χ2n) is 3.03. The van der Waals surface area contributed by atoms with Gasteiger partial charge in [0.15, 0.2) is 5.75 Å². The highest BCUT2D eigenvalue weighted by Gasteiger charge is 2.34. The molecule has 0 bridgehead atoms. The van der Waals surface area contributed by atoms with Crippen LogP contribution in [0.5, 0.6) is 11.6 Å². The van der Waals surface area contributed by atoms with E-state index in [2.05, 4.69) is 14.5 Å². The molecule has 0 spiro atoms. The van der Waals surface area contributed by atoms with Crippen LogP contribution in [0.2, 0.25) is 0 Å². The summed E-state index contributed by atoms with van der Waals surface area (Å²) in [5.74, 6) is -1.35. The Morgan fingerprint density at radius 3 is 2.29 bits per heavy atom. The van der Waals surface area contributed by atoms with E-state index >= 15 is 0 Å². The van der Waals surface area contributed by atoms with Crippen LogP contribution in [0.3, 0.4) is 0 Å². The Bertz CT molecular complexity index is 405. The number of pyridine rings is 1. The number of alkyl halides is 5. The van der Waals surface area contributed by atoms with Crippen LogP contribution in [0.15, 0.2) is 6.20 Å². The van der Waals surface area contributed by atoms with Crippen molar-refractivity contribution < 1.29 is 31.4 Å². The van der Waals surface area contributed by atoms with Crippen LogP contribution in [0.25, 0.3) is 0 Å². The van der Waals surface area contributed by atoms with E-state index in [0.29, 0.717) is 0 Å². The highest BCUT2D eigenvalue weighted by molar-refractivity contribution is 5.45. The molecule has 0 radical (unpaired) electrons. The predicted molar refractivity (Wildman–Crippen MR) is 47.2 cm³/mol. The van der Waals surface area contributed by atoms with Gasteiger partial charge >= 0.3 is 6.36 Å². The molecule has 0 saturated heterocycles. The minimum atomic E-state index is -5.00. The zero-order valence-electron chi connectivity index (χ0n) is 8.81. The van der Waals surface area contributed by atoms with Crippen molar-refractivity contribution in [2.75, 3.05) is 7.11 Å². The lowest BCUT2D eigenvalue weighted by atomic mass is 10.1. The molecule has 1 aromatic heterocycles. The summed E-state index contributed by atoms with van der Waals surface area (Å²) in [5, 5.41) is 0. The Labute approximate surface area is 93.2 Å². The first-order valence-electron chi connectivity index (χ1n) is 4.33. The fourth-order valence-electron chi connectivity index (χ4n) is 1.18. The average molecular weight is 257 g/mol. The second kappa shape index (κ2) is 4.72. The number of nitrogens with zero attached hydrogens (tertiary/aromatic N) is 1. The molecule has 0 saturated carbocycles. The normalized spacial score (nSPS) is 11.8. The Morgan fingerprint density at radius 1 is 1.29 bits per heavy atom. The lowest BCUT2D eigenvalue weighted by Crippen LogP contribution is -2.19. The number of halogens is 5. The maximum absolute atomic E-state index is 12.5. The van der Waals surface area contributed by atoms with Crippen LogP contribution >= 0.6 is 0 Å². The van der Waals surface area contributed by atoms with Crippen LogP contribution in [-0.4, -0.2) is 18.5 Å². The van der Waals surface area contributed by atoms with Crippen molar-refractivity contribution in [2.45, 2.75) is 19.7 Å². The SMILES string of the molecule is COc1ncc(C(F)F)c(C)c1OC(F)(F)F. The van der Waals surface area contributed by atoms with Crippen molar-refractivity contribution in [3.8, 4) is 11.6 Å². The molecular weight excluding hydrogens is 249 g/mol. The molecule has 1 aromatic rings. The minimum Gasteiger partial charge on any atom is -0.478 e. The van der Waals surface area contributed by atoms with Gasteiger partial charge in [-0.3, -0.25) is 0 Å². The largest absolute Gasteiger partial charge is 0.573 e. The summed E-state index contributed by atoms with van der Waals surface area (Å²) in [5.41, 5.74) is -0.991. The second-order valence-corrected chi connectivity index (χ2v) is 3.03. The summed E-state index contributed by atoms with van der Waals surface area (Å²) in [4.78, 5) is 3.34. The molecule has 96 valence electrons. The smallest absolute Gasteiger partial charge is 0.478 e. The van der Waals surface area contributed by atoms with E-state index in [4.69, 9.17) is 0 Å². The van der Waals surface area contributed by atoms with Crippen LogP contribution in [0, 0.1) is 6.92 Å². The summed E-state index contributed by atoms with van der Waals surface area (Å²) in [6, 6.07) is 0. The molecule has 1 rings (SSSR count). The summed E-state index contributed by atoms with van der Waals surface area (Å²) in [6.45, 7) is 1.08. The van der Waals surface area contributed by atoms with Gasteiger partial charge < -0.3 is 9.47 Å². The topological polar surface area (TPSA) is 31.4 Å². The molecule has 0 aromatic carbocycles. The van der Waals surface area contributed by atoms with E-state index in [0.717, 1.165) is 20.2 Å². The van der Waals surface area contributed by atoms with E-state index in [1.165, 1.54) is 0 Å². The van der Waals surface area contributed by atoms with E-state index < -0.39 is 30.0 Å². The highest BCUT2D eigenvalue weighted by atomic mass is 19.4. The Kier molecular flexibility index (Phi) is 3.74. The molecule has 0 fully saturated rings. The van der Waals surface area contributed by atoms with E-state index in [9.17, 15) is 22.0 Å². The third-order valence-electron chi connectivity index (χ3n) is 1.93. The van der Waals surface area contributed by atoms with Gasteiger partial charge in [-0.1, -0.05) is 0 Å². The van der Waals surface area contributed by atoms with E-state index in [1.54, 1.807) is 0 Å². The Balaban J connectivity index is 3.28. The molecule has 3 nitrogen and oxygen atoms in total. The third-order valence-corrected chi connectivity index (χ3v) is 1.93. The molecule has 8 heteroatoms. The Hall–Kier alpha value is -1.60. The summed E-state index contributed by atoms with van der Waals surface area (Å²) >= 11 is 0. The quantitative estimate of drug-likeness (QED) is 0.779. The van der Waals surface area contributed by atoms with Crippen molar-refractivity contribution in [3.63, 3.8) is 0 Å². The molecule has 0 aliphatic carbocycles. The van der Waals surface area contributed by atoms with Crippen LogP contribution in [0.1, 0.15) is 17.6 Å². The van der Waals surface area contributed by atoms with Crippen molar-refractivity contribution in [2.24, 2.45) is 0 Å². The third kappa shape index (κ3) is 3.18. The molecule has 0 unspecified atom stereocenters. The lowest BCUT2D eigenvalue weighted by molar-refractivity contribution is -0.275. The molecule has 0 atom stereocenters.